The molecule has 0 saturated heterocycles. The molecule has 1 atom stereocenters. The first-order valence-electron chi connectivity index (χ1n) is 6.26. The summed E-state index contributed by atoms with van der Waals surface area (Å²) in [5.41, 5.74) is 6.34. The van der Waals surface area contributed by atoms with Crippen molar-refractivity contribution in [2.24, 2.45) is 5.84 Å². The van der Waals surface area contributed by atoms with Crippen LogP contribution < -0.4 is 16.0 Å². The van der Waals surface area contributed by atoms with E-state index in [1.807, 2.05) is 18.2 Å². The first-order valence-corrected chi connectivity index (χ1v) is 7.05. The van der Waals surface area contributed by atoms with Gasteiger partial charge < -0.3 is 4.74 Å². The summed E-state index contributed by atoms with van der Waals surface area (Å²) < 4.78 is 6.80. The van der Waals surface area contributed by atoms with Gasteiger partial charge in [-0.1, -0.05) is 52.3 Å². The number of hydrazine groups is 1. The molecule has 4 heteroatoms. The molecule has 0 aromatic heterocycles. The lowest BCUT2D eigenvalue weighted by molar-refractivity contribution is 0.350. The van der Waals surface area contributed by atoms with Gasteiger partial charge in [-0.2, -0.15) is 0 Å². The van der Waals surface area contributed by atoms with Gasteiger partial charge in [0.1, 0.15) is 5.75 Å². The number of para-hydroxylation sites is 1. The molecule has 0 bridgehead atoms. The van der Waals surface area contributed by atoms with Crippen LogP contribution >= 0.6 is 15.9 Å². The van der Waals surface area contributed by atoms with E-state index in [0.29, 0.717) is 0 Å². The number of nitrogens with one attached hydrogen (secondary N) is 1. The Morgan fingerprint density at radius 1 is 1.11 bits per heavy atom. The summed E-state index contributed by atoms with van der Waals surface area (Å²) in [6, 6.07) is 14.2. The molecule has 1 unspecified atom stereocenters. The van der Waals surface area contributed by atoms with Crippen LogP contribution in [0.4, 0.5) is 0 Å². The van der Waals surface area contributed by atoms with Crippen molar-refractivity contribution in [3.8, 4) is 5.75 Å². The van der Waals surface area contributed by atoms with E-state index < -0.39 is 0 Å². The summed E-state index contributed by atoms with van der Waals surface area (Å²) in [7, 11) is 0. The molecule has 3 rings (SSSR count). The van der Waals surface area contributed by atoms with E-state index in [4.69, 9.17) is 10.6 Å². The minimum atomic E-state index is -0.0800. The van der Waals surface area contributed by atoms with E-state index in [1.165, 1.54) is 5.56 Å². The van der Waals surface area contributed by atoms with Gasteiger partial charge in [-0.15, -0.1) is 0 Å². The Labute approximate surface area is 120 Å². The van der Waals surface area contributed by atoms with Crippen LogP contribution in [0.3, 0.4) is 0 Å². The fourth-order valence-corrected chi connectivity index (χ4v) is 3.04. The maximum absolute atomic E-state index is 5.77. The van der Waals surface area contributed by atoms with Gasteiger partial charge in [-0.05, 0) is 17.2 Å². The molecule has 0 fully saturated rings. The summed E-state index contributed by atoms with van der Waals surface area (Å²) in [5.74, 6) is 6.75. The van der Waals surface area contributed by atoms with E-state index >= 15 is 0 Å². The van der Waals surface area contributed by atoms with Gasteiger partial charge in [-0.25, -0.2) is 5.43 Å². The van der Waals surface area contributed by atoms with E-state index in [-0.39, 0.29) is 6.04 Å². The second-order valence-electron chi connectivity index (χ2n) is 4.56. The number of fused-ring (bicyclic) bond motifs is 1. The number of ether oxygens (including phenoxy) is 1. The molecule has 1 aliphatic heterocycles. The molecular formula is C15H15BrN2O. The Morgan fingerprint density at radius 2 is 1.89 bits per heavy atom. The van der Waals surface area contributed by atoms with Crippen molar-refractivity contribution in [3.05, 3.63) is 63.6 Å². The van der Waals surface area contributed by atoms with Crippen molar-refractivity contribution in [2.75, 3.05) is 6.61 Å². The maximum Gasteiger partial charge on any atom is 0.127 e. The van der Waals surface area contributed by atoms with Gasteiger partial charge in [0.2, 0.25) is 0 Å². The van der Waals surface area contributed by atoms with E-state index in [1.54, 1.807) is 0 Å². The van der Waals surface area contributed by atoms with Crippen LogP contribution in [0.5, 0.6) is 5.75 Å². The Hall–Kier alpha value is -1.36. The van der Waals surface area contributed by atoms with Gasteiger partial charge in [-0.3, -0.25) is 5.84 Å². The van der Waals surface area contributed by atoms with Crippen molar-refractivity contribution < 1.29 is 4.74 Å². The molecule has 1 aliphatic rings. The molecule has 0 amide bonds. The van der Waals surface area contributed by atoms with E-state index in [2.05, 4.69) is 45.6 Å². The fourth-order valence-electron chi connectivity index (χ4n) is 2.52. The number of hydrogen-bond donors (Lipinski definition) is 2. The van der Waals surface area contributed by atoms with E-state index in [9.17, 15) is 0 Å². The average molecular weight is 319 g/mol. The first-order chi connectivity index (χ1) is 9.31. The zero-order valence-electron chi connectivity index (χ0n) is 10.4. The van der Waals surface area contributed by atoms with Gasteiger partial charge in [0, 0.05) is 16.5 Å². The second-order valence-corrected chi connectivity index (χ2v) is 5.41. The topological polar surface area (TPSA) is 47.3 Å². The van der Waals surface area contributed by atoms with Gasteiger partial charge >= 0.3 is 0 Å². The normalized spacial score (nSPS) is 14.8. The lowest BCUT2D eigenvalue weighted by Crippen LogP contribution is -2.29. The predicted molar refractivity (Wildman–Crippen MR) is 78.9 cm³/mol. The third-order valence-electron chi connectivity index (χ3n) is 3.44. The highest BCUT2D eigenvalue weighted by Gasteiger charge is 2.23. The standard InChI is InChI=1S/C15H15BrN2O/c16-13-7-2-1-5-11(13)14(18-17)12-6-3-4-10-8-9-19-15(10)12/h1-7,14,18H,8-9,17H2. The number of halogens is 1. The molecule has 98 valence electrons. The van der Waals surface area contributed by atoms with Crippen LogP contribution in [0.25, 0.3) is 0 Å². The third-order valence-corrected chi connectivity index (χ3v) is 4.16. The Morgan fingerprint density at radius 3 is 2.68 bits per heavy atom. The SMILES string of the molecule is NNC(c1ccccc1Br)c1cccc2c1OCC2. The Kier molecular flexibility index (Phi) is 3.55. The van der Waals surface area contributed by atoms with Crippen molar-refractivity contribution in [2.45, 2.75) is 12.5 Å². The quantitative estimate of drug-likeness (QED) is 0.675. The number of rotatable bonds is 3. The molecule has 3 nitrogen and oxygen atoms in total. The van der Waals surface area contributed by atoms with Crippen molar-refractivity contribution in [3.63, 3.8) is 0 Å². The minimum absolute atomic E-state index is 0.0800. The molecule has 19 heavy (non-hydrogen) atoms. The molecular weight excluding hydrogens is 304 g/mol. The molecule has 3 N–H and O–H groups in total. The highest BCUT2D eigenvalue weighted by Crippen LogP contribution is 2.37. The van der Waals surface area contributed by atoms with Crippen LogP contribution in [0.1, 0.15) is 22.7 Å². The highest BCUT2D eigenvalue weighted by atomic mass is 79.9. The van der Waals surface area contributed by atoms with Gasteiger partial charge in [0.25, 0.3) is 0 Å². The molecule has 2 aromatic carbocycles. The maximum atomic E-state index is 5.77. The van der Waals surface area contributed by atoms with Crippen molar-refractivity contribution >= 4 is 15.9 Å². The largest absolute Gasteiger partial charge is 0.493 e. The molecule has 2 aromatic rings. The summed E-state index contributed by atoms with van der Waals surface area (Å²) >= 11 is 3.58. The van der Waals surface area contributed by atoms with Crippen LogP contribution in [-0.4, -0.2) is 6.61 Å². The minimum Gasteiger partial charge on any atom is -0.493 e. The number of nitrogens with two attached hydrogens (primary N) is 1. The zero-order valence-corrected chi connectivity index (χ0v) is 12.0. The molecule has 1 heterocycles. The highest BCUT2D eigenvalue weighted by molar-refractivity contribution is 9.10. The molecule has 0 saturated carbocycles. The average Bonchev–Trinajstić information content (AvgIpc) is 2.91. The molecule has 0 aliphatic carbocycles. The lowest BCUT2D eigenvalue weighted by Gasteiger charge is -2.20. The molecule has 0 radical (unpaired) electrons. The van der Waals surface area contributed by atoms with Gasteiger partial charge in [0.15, 0.2) is 0 Å². The monoisotopic (exact) mass is 318 g/mol. The van der Waals surface area contributed by atoms with Crippen LogP contribution in [0.2, 0.25) is 0 Å². The van der Waals surface area contributed by atoms with Gasteiger partial charge in [0.05, 0.1) is 12.6 Å². The second kappa shape index (κ2) is 5.33. The summed E-state index contributed by atoms with van der Waals surface area (Å²) in [6.45, 7) is 0.750. The third kappa shape index (κ3) is 2.27. The fraction of sp³-hybridized carbons (Fsp3) is 0.200. The zero-order chi connectivity index (χ0) is 13.2. The summed E-state index contributed by atoms with van der Waals surface area (Å²) in [4.78, 5) is 0. The summed E-state index contributed by atoms with van der Waals surface area (Å²) in [5, 5.41) is 0. The van der Waals surface area contributed by atoms with E-state index in [0.717, 1.165) is 34.4 Å². The smallest absolute Gasteiger partial charge is 0.127 e. The summed E-state index contributed by atoms with van der Waals surface area (Å²) in [6.07, 6.45) is 0.969. The van der Waals surface area contributed by atoms with Crippen LogP contribution in [0.15, 0.2) is 46.9 Å². The first kappa shape index (κ1) is 12.7. The van der Waals surface area contributed by atoms with Crippen LogP contribution in [0, 0.1) is 0 Å². The lowest BCUT2D eigenvalue weighted by atomic mass is 9.96. The molecule has 0 spiro atoms. The number of benzene rings is 2. The van der Waals surface area contributed by atoms with Crippen LogP contribution in [-0.2, 0) is 6.42 Å². The van der Waals surface area contributed by atoms with Crippen molar-refractivity contribution in [1.82, 2.24) is 5.43 Å². The Bertz CT molecular complexity index is 600. The van der Waals surface area contributed by atoms with Crippen molar-refractivity contribution in [1.29, 1.82) is 0 Å². The Balaban J connectivity index is 2.09. The number of hydrogen-bond acceptors (Lipinski definition) is 3. The predicted octanol–water partition coefficient (Wildman–Crippen LogP) is 2.94.